The highest BCUT2D eigenvalue weighted by Crippen LogP contribution is 2.05. The number of nitrogens with one attached hydrogen (secondary N) is 1. The summed E-state index contributed by atoms with van der Waals surface area (Å²) in [6, 6.07) is 0. The Bertz CT molecular complexity index is 261. The highest BCUT2D eigenvalue weighted by molar-refractivity contribution is 5.33. The van der Waals surface area contributed by atoms with Crippen LogP contribution in [0, 0.1) is 0 Å². The molecule has 0 amide bonds. The zero-order valence-corrected chi connectivity index (χ0v) is 5.81. The third-order valence-corrected chi connectivity index (χ3v) is 1.33. The first-order chi connectivity index (χ1) is 4.75. The summed E-state index contributed by atoms with van der Waals surface area (Å²) in [5.41, 5.74) is 5.68. The lowest BCUT2D eigenvalue weighted by Crippen LogP contribution is -2.06. The molecular formula is C6H10N2O2. The molecule has 4 heteroatoms. The minimum absolute atomic E-state index is 0.209. The van der Waals surface area contributed by atoms with Gasteiger partial charge in [0.05, 0.1) is 5.56 Å². The standard InChI is InChI=1S/C6H10N2O2/c1-2-3-4-5(7)10-8-6(4)9/h2-3,7H2,1H3,(H,8,9). The molecule has 0 radical (unpaired) electrons. The summed E-state index contributed by atoms with van der Waals surface area (Å²) in [5.74, 6) is 0.215. The molecule has 10 heavy (non-hydrogen) atoms. The number of aromatic amines is 1. The van der Waals surface area contributed by atoms with E-state index < -0.39 is 0 Å². The number of nitrogens with two attached hydrogens (primary N) is 1. The fourth-order valence-corrected chi connectivity index (χ4v) is 0.823. The molecule has 0 aliphatic heterocycles. The fourth-order valence-electron chi connectivity index (χ4n) is 0.823. The van der Waals surface area contributed by atoms with Crippen molar-refractivity contribution < 1.29 is 4.52 Å². The Hall–Kier alpha value is -1.19. The molecule has 0 saturated carbocycles. The Morgan fingerprint density at radius 3 is 2.80 bits per heavy atom. The molecule has 1 heterocycles. The molecular weight excluding hydrogens is 132 g/mol. The first-order valence-electron chi connectivity index (χ1n) is 3.21. The summed E-state index contributed by atoms with van der Waals surface area (Å²) < 4.78 is 4.59. The van der Waals surface area contributed by atoms with Crippen LogP contribution in [0.25, 0.3) is 0 Å². The van der Waals surface area contributed by atoms with Gasteiger partial charge in [0.25, 0.3) is 5.56 Å². The third kappa shape index (κ3) is 1.05. The van der Waals surface area contributed by atoms with Crippen molar-refractivity contribution >= 4 is 5.88 Å². The summed E-state index contributed by atoms with van der Waals surface area (Å²) >= 11 is 0. The Kier molecular flexibility index (Phi) is 1.80. The minimum atomic E-state index is -0.209. The molecule has 1 aromatic heterocycles. The highest BCUT2D eigenvalue weighted by Gasteiger charge is 2.06. The zero-order chi connectivity index (χ0) is 7.56. The number of hydrogen-bond acceptors (Lipinski definition) is 3. The topological polar surface area (TPSA) is 72.0 Å². The van der Waals surface area contributed by atoms with Gasteiger partial charge in [0, 0.05) is 0 Å². The van der Waals surface area contributed by atoms with E-state index in [1.807, 2.05) is 6.92 Å². The Morgan fingerprint density at radius 2 is 2.40 bits per heavy atom. The molecule has 1 aromatic rings. The number of nitrogen functional groups attached to an aromatic ring is 1. The first-order valence-corrected chi connectivity index (χ1v) is 3.21. The average molecular weight is 142 g/mol. The van der Waals surface area contributed by atoms with Crippen LogP contribution in [-0.4, -0.2) is 5.16 Å². The van der Waals surface area contributed by atoms with E-state index in [1.54, 1.807) is 0 Å². The quantitative estimate of drug-likeness (QED) is 0.631. The summed E-state index contributed by atoms with van der Waals surface area (Å²) in [6.07, 6.45) is 1.57. The lowest BCUT2D eigenvalue weighted by atomic mass is 10.2. The van der Waals surface area contributed by atoms with Gasteiger partial charge < -0.3 is 10.3 Å². The maximum Gasteiger partial charge on any atom is 0.285 e. The van der Waals surface area contributed by atoms with Crippen LogP contribution in [0.3, 0.4) is 0 Å². The maximum absolute atomic E-state index is 10.8. The van der Waals surface area contributed by atoms with Crippen molar-refractivity contribution in [1.82, 2.24) is 5.16 Å². The fraction of sp³-hybridized carbons (Fsp3) is 0.500. The lowest BCUT2D eigenvalue weighted by molar-refractivity contribution is 0.429. The van der Waals surface area contributed by atoms with Gasteiger partial charge in [-0.2, -0.15) is 5.16 Å². The van der Waals surface area contributed by atoms with Gasteiger partial charge in [-0.1, -0.05) is 13.3 Å². The van der Waals surface area contributed by atoms with Crippen LogP contribution in [0.5, 0.6) is 0 Å². The lowest BCUT2D eigenvalue weighted by Gasteiger charge is -1.88. The van der Waals surface area contributed by atoms with Crippen molar-refractivity contribution in [3.63, 3.8) is 0 Å². The third-order valence-electron chi connectivity index (χ3n) is 1.33. The molecule has 0 spiro atoms. The molecule has 0 saturated heterocycles. The molecule has 0 bridgehead atoms. The van der Waals surface area contributed by atoms with Crippen LogP contribution in [0.2, 0.25) is 0 Å². The molecule has 0 unspecified atom stereocenters. The zero-order valence-electron chi connectivity index (χ0n) is 5.81. The smallest absolute Gasteiger partial charge is 0.285 e. The molecule has 4 nitrogen and oxygen atoms in total. The number of H-pyrrole nitrogens is 1. The first kappa shape index (κ1) is 6.92. The van der Waals surface area contributed by atoms with Gasteiger partial charge in [-0.05, 0) is 6.42 Å². The van der Waals surface area contributed by atoms with E-state index in [4.69, 9.17) is 5.73 Å². The summed E-state index contributed by atoms with van der Waals surface area (Å²) in [5, 5.41) is 2.17. The van der Waals surface area contributed by atoms with Gasteiger partial charge in [-0.25, -0.2) is 0 Å². The summed E-state index contributed by atoms with van der Waals surface area (Å²) in [6.45, 7) is 1.98. The molecule has 1 rings (SSSR count). The van der Waals surface area contributed by atoms with E-state index in [-0.39, 0.29) is 11.4 Å². The highest BCUT2D eigenvalue weighted by atomic mass is 16.5. The Labute approximate surface area is 58.0 Å². The molecule has 0 aliphatic carbocycles. The van der Waals surface area contributed by atoms with Gasteiger partial charge in [-0.15, -0.1) is 0 Å². The van der Waals surface area contributed by atoms with E-state index in [1.165, 1.54) is 0 Å². The average Bonchev–Trinajstić information content (AvgIpc) is 2.20. The van der Waals surface area contributed by atoms with Crippen LogP contribution in [-0.2, 0) is 6.42 Å². The van der Waals surface area contributed by atoms with Gasteiger partial charge in [0.2, 0.25) is 5.88 Å². The van der Waals surface area contributed by atoms with Crippen LogP contribution in [0.1, 0.15) is 18.9 Å². The predicted octanol–water partition coefficient (Wildman–Crippen LogP) is 0.503. The predicted molar refractivity (Wildman–Crippen MR) is 37.7 cm³/mol. The molecule has 0 aromatic carbocycles. The second kappa shape index (κ2) is 2.60. The molecule has 56 valence electrons. The van der Waals surface area contributed by atoms with Crippen molar-refractivity contribution in [3.05, 3.63) is 15.9 Å². The van der Waals surface area contributed by atoms with Crippen LogP contribution in [0.4, 0.5) is 5.88 Å². The monoisotopic (exact) mass is 142 g/mol. The minimum Gasteiger partial charge on any atom is -0.367 e. The van der Waals surface area contributed by atoms with Gasteiger partial charge in [-0.3, -0.25) is 4.79 Å². The Morgan fingerprint density at radius 1 is 1.70 bits per heavy atom. The number of hydrogen-bond donors (Lipinski definition) is 2. The second-order valence-corrected chi connectivity index (χ2v) is 2.13. The number of rotatable bonds is 2. The molecule has 0 atom stereocenters. The van der Waals surface area contributed by atoms with Crippen molar-refractivity contribution in [2.24, 2.45) is 0 Å². The summed E-state index contributed by atoms with van der Waals surface area (Å²) in [4.78, 5) is 10.8. The normalized spacial score (nSPS) is 10.1. The van der Waals surface area contributed by atoms with E-state index in [2.05, 4.69) is 9.68 Å². The Balaban J connectivity index is 2.99. The SMILES string of the molecule is CCCc1c(N)o[nH]c1=O. The van der Waals surface area contributed by atoms with E-state index >= 15 is 0 Å². The largest absolute Gasteiger partial charge is 0.367 e. The summed E-state index contributed by atoms with van der Waals surface area (Å²) in [7, 11) is 0. The van der Waals surface area contributed by atoms with E-state index in [0.717, 1.165) is 6.42 Å². The van der Waals surface area contributed by atoms with Crippen LogP contribution >= 0.6 is 0 Å². The molecule has 0 aliphatic rings. The second-order valence-electron chi connectivity index (χ2n) is 2.13. The van der Waals surface area contributed by atoms with Crippen LogP contribution < -0.4 is 11.3 Å². The number of anilines is 1. The maximum atomic E-state index is 10.8. The number of aromatic nitrogens is 1. The van der Waals surface area contributed by atoms with Crippen molar-refractivity contribution in [2.45, 2.75) is 19.8 Å². The molecule has 0 fully saturated rings. The van der Waals surface area contributed by atoms with Gasteiger partial charge in [0.1, 0.15) is 0 Å². The molecule has 3 N–H and O–H groups in total. The van der Waals surface area contributed by atoms with Gasteiger partial charge in [0.15, 0.2) is 0 Å². The van der Waals surface area contributed by atoms with Gasteiger partial charge >= 0.3 is 0 Å². The van der Waals surface area contributed by atoms with Crippen LogP contribution in [0.15, 0.2) is 9.32 Å². The van der Waals surface area contributed by atoms with E-state index in [0.29, 0.717) is 12.0 Å². The van der Waals surface area contributed by atoms with Crippen molar-refractivity contribution in [3.8, 4) is 0 Å². The van der Waals surface area contributed by atoms with E-state index in [9.17, 15) is 4.79 Å². The van der Waals surface area contributed by atoms with Crippen molar-refractivity contribution in [2.75, 3.05) is 5.73 Å². The van der Waals surface area contributed by atoms with Crippen molar-refractivity contribution in [1.29, 1.82) is 0 Å².